The summed E-state index contributed by atoms with van der Waals surface area (Å²) in [5.41, 5.74) is 0. The van der Waals surface area contributed by atoms with Crippen LogP contribution in [0.2, 0.25) is 0 Å². The molecule has 1 unspecified atom stereocenters. The van der Waals surface area contributed by atoms with Crippen LogP contribution in [0.1, 0.15) is 20.8 Å². The van der Waals surface area contributed by atoms with E-state index in [1.807, 2.05) is 20.8 Å². The normalized spacial score (nSPS) is 14.2. The summed E-state index contributed by atoms with van der Waals surface area (Å²) in [7, 11) is 0. The molecule has 1 atom stereocenters. The molecule has 0 N–H and O–H groups in total. The van der Waals surface area contributed by atoms with E-state index in [4.69, 9.17) is 4.74 Å². The van der Waals surface area contributed by atoms with E-state index in [0.29, 0.717) is 6.61 Å². The second kappa shape index (κ2) is 6.80. The molecule has 0 spiro atoms. The van der Waals surface area contributed by atoms with Crippen molar-refractivity contribution in [3.8, 4) is 0 Å². The van der Waals surface area contributed by atoms with E-state index in [2.05, 4.69) is 0 Å². The van der Waals surface area contributed by atoms with Gasteiger partial charge in [-0.2, -0.15) is 0 Å². The van der Waals surface area contributed by atoms with Gasteiger partial charge in [-0.1, -0.05) is 12.2 Å². The van der Waals surface area contributed by atoms with E-state index >= 15 is 0 Å². The Morgan fingerprint density at radius 2 is 2.17 bits per heavy atom. The fourth-order valence-electron chi connectivity index (χ4n) is 0.769. The maximum atomic E-state index is 10.9. The van der Waals surface area contributed by atoms with Crippen LogP contribution < -0.4 is 0 Å². The Labute approximate surface area is 73.9 Å². The second-order valence-corrected chi connectivity index (χ2v) is 2.42. The lowest BCUT2D eigenvalue weighted by molar-refractivity contribution is -0.110. The smallest absolute Gasteiger partial charge is 0.178 e. The van der Waals surface area contributed by atoms with Crippen molar-refractivity contribution in [1.29, 1.82) is 0 Å². The van der Waals surface area contributed by atoms with Crippen LogP contribution >= 0.6 is 0 Å². The summed E-state index contributed by atoms with van der Waals surface area (Å²) in [6, 6.07) is 0. The first-order chi connectivity index (χ1) is 5.70. The zero-order valence-corrected chi connectivity index (χ0v) is 7.91. The average Bonchev–Trinajstić information content (AvgIpc) is 2.02. The van der Waals surface area contributed by atoms with Crippen molar-refractivity contribution in [2.75, 3.05) is 6.61 Å². The van der Waals surface area contributed by atoms with Crippen molar-refractivity contribution >= 4 is 5.78 Å². The molecular formula is C10H16O2. The molecule has 0 bridgehead atoms. The Morgan fingerprint density at radius 3 is 2.67 bits per heavy atom. The topological polar surface area (TPSA) is 26.3 Å². The minimum absolute atomic E-state index is 0.00375. The molecule has 0 aliphatic carbocycles. The van der Waals surface area contributed by atoms with Crippen LogP contribution in [0, 0.1) is 0 Å². The fourth-order valence-corrected chi connectivity index (χ4v) is 0.769. The third-order valence-corrected chi connectivity index (χ3v) is 1.29. The van der Waals surface area contributed by atoms with Gasteiger partial charge in [-0.05, 0) is 32.9 Å². The number of ether oxygens (including phenoxy) is 1. The molecule has 2 heteroatoms. The standard InChI is InChI=1S/C10H16O2/c1-4-6-10(11)8-7-9(3)12-5-2/h4,6-9H,5H2,1-3H3/b6-4+,8-7+. The SMILES string of the molecule is C/C=C/C(=O)/C=C/C(C)OCC. The summed E-state index contributed by atoms with van der Waals surface area (Å²) in [6.07, 6.45) is 6.54. The zero-order chi connectivity index (χ0) is 9.40. The van der Waals surface area contributed by atoms with E-state index < -0.39 is 0 Å². The van der Waals surface area contributed by atoms with Gasteiger partial charge in [-0.25, -0.2) is 0 Å². The van der Waals surface area contributed by atoms with Gasteiger partial charge in [0, 0.05) is 6.61 Å². The molecule has 0 radical (unpaired) electrons. The highest BCUT2D eigenvalue weighted by Gasteiger charge is 1.94. The van der Waals surface area contributed by atoms with Crippen LogP contribution in [-0.2, 0) is 9.53 Å². The van der Waals surface area contributed by atoms with Gasteiger partial charge in [0.15, 0.2) is 5.78 Å². The van der Waals surface area contributed by atoms with E-state index in [1.54, 1.807) is 12.2 Å². The third-order valence-electron chi connectivity index (χ3n) is 1.29. The maximum Gasteiger partial charge on any atom is 0.178 e. The van der Waals surface area contributed by atoms with Crippen molar-refractivity contribution in [2.24, 2.45) is 0 Å². The molecule has 0 aliphatic rings. The molecule has 0 aromatic heterocycles. The summed E-state index contributed by atoms with van der Waals surface area (Å²) in [5.74, 6) is 0.00375. The molecule has 68 valence electrons. The van der Waals surface area contributed by atoms with Crippen LogP contribution in [0.25, 0.3) is 0 Å². The van der Waals surface area contributed by atoms with E-state index in [1.165, 1.54) is 12.2 Å². The van der Waals surface area contributed by atoms with Gasteiger partial charge < -0.3 is 4.74 Å². The molecule has 0 rings (SSSR count). The molecule has 2 nitrogen and oxygen atoms in total. The van der Waals surface area contributed by atoms with Crippen molar-refractivity contribution in [3.05, 3.63) is 24.3 Å². The highest BCUT2D eigenvalue weighted by molar-refractivity contribution is 5.99. The van der Waals surface area contributed by atoms with Crippen LogP contribution in [0.4, 0.5) is 0 Å². The molecule has 0 aliphatic heterocycles. The lowest BCUT2D eigenvalue weighted by atomic mass is 10.3. The Bertz CT molecular complexity index is 180. The quantitative estimate of drug-likeness (QED) is 0.588. The minimum atomic E-state index is 0.00375. The molecule has 0 aromatic rings. The highest BCUT2D eigenvalue weighted by Crippen LogP contribution is 1.92. The fraction of sp³-hybridized carbons (Fsp3) is 0.500. The Balaban J connectivity index is 3.80. The van der Waals surface area contributed by atoms with Crippen molar-refractivity contribution < 1.29 is 9.53 Å². The number of carbonyl (C=O) groups excluding carboxylic acids is 1. The summed E-state index contributed by atoms with van der Waals surface area (Å²) in [6.45, 7) is 6.32. The summed E-state index contributed by atoms with van der Waals surface area (Å²) < 4.78 is 5.21. The Morgan fingerprint density at radius 1 is 1.50 bits per heavy atom. The molecule has 0 heterocycles. The lowest BCUT2D eigenvalue weighted by Gasteiger charge is -2.03. The lowest BCUT2D eigenvalue weighted by Crippen LogP contribution is -2.04. The molecule has 0 fully saturated rings. The summed E-state index contributed by atoms with van der Waals surface area (Å²) in [5, 5.41) is 0. The van der Waals surface area contributed by atoms with Crippen molar-refractivity contribution in [1.82, 2.24) is 0 Å². The molecule has 0 amide bonds. The molecule has 0 saturated carbocycles. The third kappa shape index (κ3) is 5.86. The van der Waals surface area contributed by atoms with E-state index in [9.17, 15) is 4.79 Å². The zero-order valence-electron chi connectivity index (χ0n) is 7.91. The van der Waals surface area contributed by atoms with Gasteiger partial charge >= 0.3 is 0 Å². The Hall–Kier alpha value is -0.890. The predicted molar refractivity (Wildman–Crippen MR) is 50.0 cm³/mol. The minimum Gasteiger partial charge on any atom is -0.375 e. The Kier molecular flexibility index (Phi) is 6.29. The number of ketones is 1. The van der Waals surface area contributed by atoms with Gasteiger partial charge in [-0.15, -0.1) is 0 Å². The first-order valence-electron chi connectivity index (χ1n) is 4.17. The van der Waals surface area contributed by atoms with Crippen molar-refractivity contribution in [2.45, 2.75) is 26.9 Å². The van der Waals surface area contributed by atoms with Gasteiger partial charge in [-0.3, -0.25) is 4.79 Å². The first kappa shape index (κ1) is 11.1. The first-order valence-corrected chi connectivity index (χ1v) is 4.17. The predicted octanol–water partition coefficient (Wildman–Crippen LogP) is 2.11. The average molecular weight is 168 g/mol. The van der Waals surface area contributed by atoms with Gasteiger partial charge in [0.25, 0.3) is 0 Å². The molecular weight excluding hydrogens is 152 g/mol. The summed E-state index contributed by atoms with van der Waals surface area (Å²) in [4.78, 5) is 10.9. The van der Waals surface area contributed by atoms with Gasteiger partial charge in [0.2, 0.25) is 0 Å². The van der Waals surface area contributed by atoms with Crippen molar-refractivity contribution in [3.63, 3.8) is 0 Å². The number of carbonyl (C=O) groups is 1. The monoisotopic (exact) mass is 168 g/mol. The molecule has 12 heavy (non-hydrogen) atoms. The van der Waals surface area contributed by atoms with Crippen LogP contribution in [0.3, 0.4) is 0 Å². The van der Waals surface area contributed by atoms with E-state index in [-0.39, 0.29) is 11.9 Å². The van der Waals surface area contributed by atoms with Gasteiger partial charge in [0.05, 0.1) is 6.10 Å². The number of hydrogen-bond acceptors (Lipinski definition) is 2. The van der Waals surface area contributed by atoms with E-state index in [0.717, 1.165) is 0 Å². The number of hydrogen-bond donors (Lipinski definition) is 0. The largest absolute Gasteiger partial charge is 0.375 e. The van der Waals surface area contributed by atoms with Gasteiger partial charge in [0.1, 0.15) is 0 Å². The second-order valence-electron chi connectivity index (χ2n) is 2.42. The number of rotatable bonds is 5. The molecule has 0 aromatic carbocycles. The molecule has 0 saturated heterocycles. The maximum absolute atomic E-state index is 10.9. The number of allylic oxidation sites excluding steroid dienone is 3. The summed E-state index contributed by atoms with van der Waals surface area (Å²) >= 11 is 0. The highest BCUT2D eigenvalue weighted by atomic mass is 16.5. The van der Waals surface area contributed by atoms with Crippen LogP contribution in [-0.4, -0.2) is 18.5 Å². The van der Waals surface area contributed by atoms with Crippen LogP contribution in [0.15, 0.2) is 24.3 Å². The van der Waals surface area contributed by atoms with Crippen LogP contribution in [0.5, 0.6) is 0 Å².